The van der Waals surface area contributed by atoms with Crippen LogP contribution in [0.1, 0.15) is 50.6 Å². The van der Waals surface area contributed by atoms with Crippen molar-refractivity contribution in [2.45, 2.75) is 51.1 Å². The average Bonchev–Trinajstić information content (AvgIpc) is 2.68. The third-order valence-electron chi connectivity index (χ3n) is 4.10. The molecule has 1 aliphatic rings. The molecule has 2 unspecified atom stereocenters. The lowest BCUT2D eigenvalue weighted by Gasteiger charge is -2.35. The molecule has 0 aliphatic carbocycles. The molecule has 0 spiro atoms. The zero-order valence-electron chi connectivity index (χ0n) is 11.8. The van der Waals surface area contributed by atoms with Crippen molar-refractivity contribution < 1.29 is 0 Å². The molecule has 0 radical (unpaired) electrons. The molecule has 106 valence electrons. The van der Waals surface area contributed by atoms with Gasteiger partial charge in [0.05, 0.1) is 0 Å². The normalized spacial score (nSPS) is 20.8. The maximum absolute atomic E-state index is 6.40. The van der Waals surface area contributed by atoms with Gasteiger partial charge in [-0.25, -0.2) is 0 Å². The number of nitrogens with zero attached hydrogens (tertiary/aromatic N) is 1. The van der Waals surface area contributed by atoms with Crippen LogP contribution in [0.15, 0.2) is 24.3 Å². The molecule has 1 saturated heterocycles. The maximum atomic E-state index is 6.40. The Morgan fingerprint density at radius 3 is 2.47 bits per heavy atom. The Hall–Kier alpha value is -0.570. The van der Waals surface area contributed by atoms with Gasteiger partial charge in [-0.3, -0.25) is 4.90 Å². The standard InChI is InChI=1S/C16H25ClN2/c1-2-15(18)16(13-8-7-9-14(17)12-13)19-10-5-3-4-6-11-19/h7-9,12,15-16H,2-6,10-11,18H2,1H3. The van der Waals surface area contributed by atoms with Crippen LogP contribution in [0.4, 0.5) is 0 Å². The van der Waals surface area contributed by atoms with E-state index >= 15 is 0 Å². The quantitative estimate of drug-likeness (QED) is 0.903. The van der Waals surface area contributed by atoms with Gasteiger partial charge in [0.2, 0.25) is 0 Å². The van der Waals surface area contributed by atoms with Gasteiger partial charge >= 0.3 is 0 Å². The van der Waals surface area contributed by atoms with E-state index in [0.29, 0.717) is 6.04 Å². The van der Waals surface area contributed by atoms with Gasteiger partial charge in [-0.15, -0.1) is 0 Å². The number of hydrogen-bond acceptors (Lipinski definition) is 2. The summed E-state index contributed by atoms with van der Waals surface area (Å²) in [6.07, 6.45) is 6.26. The summed E-state index contributed by atoms with van der Waals surface area (Å²) in [7, 11) is 0. The van der Waals surface area contributed by atoms with E-state index in [-0.39, 0.29) is 6.04 Å². The summed E-state index contributed by atoms with van der Waals surface area (Å²) in [6, 6.07) is 8.69. The predicted molar refractivity (Wildman–Crippen MR) is 82.5 cm³/mol. The second-order valence-electron chi connectivity index (χ2n) is 5.52. The molecule has 0 bridgehead atoms. The number of benzene rings is 1. The average molecular weight is 281 g/mol. The van der Waals surface area contributed by atoms with Crippen LogP contribution in [-0.4, -0.2) is 24.0 Å². The van der Waals surface area contributed by atoms with E-state index < -0.39 is 0 Å². The molecule has 1 aliphatic heterocycles. The van der Waals surface area contributed by atoms with Crippen LogP contribution in [0.3, 0.4) is 0 Å². The molecule has 0 amide bonds. The van der Waals surface area contributed by atoms with E-state index in [4.69, 9.17) is 17.3 Å². The maximum Gasteiger partial charge on any atom is 0.0499 e. The molecular formula is C16H25ClN2. The highest BCUT2D eigenvalue weighted by atomic mass is 35.5. The fraction of sp³-hybridized carbons (Fsp3) is 0.625. The highest BCUT2D eigenvalue weighted by molar-refractivity contribution is 6.30. The minimum atomic E-state index is 0.177. The van der Waals surface area contributed by atoms with Crippen molar-refractivity contribution in [3.05, 3.63) is 34.9 Å². The number of nitrogens with two attached hydrogens (primary N) is 1. The van der Waals surface area contributed by atoms with Crippen LogP contribution in [0.2, 0.25) is 5.02 Å². The van der Waals surface area contributed by atoms with Gasteiger partial charge in [-0.1, -0.05) is 43.5 Å². The molecule has 1 heterocycles. The van der Waals surface area contributed by atoms with Crippen LogP contribution in [0, 0.1) is 0 Å². The Bertz CT molecular complexity index is 386. The molecule has 1 aromatic rings. The van der Waals surface area contributed by atoms with E-state index in [0.717, 1.165) is 24.5 Å². The largest absolute Gasteiger partial charge is 0.326 e. The zero-order chi connectivity index (χ0) is 13.7. The second kappa shape index (κ2) is 7.28. The van der Waals surface area contributed by atoms with Gasteiger partial charge in [0.1, 0.15) is 0 Å². The van der Waals surface area contributed by atoms with Crippen LogP contribution in [0.5, 0.6) is 0 Å². The molecule has 2 N–H and O–H groups in total. The predicted octanol–water partition coefficient (Wildman–Crippen LogP) is 3.99. The Balaban J connectivity index is 2.24. The first-order chi connectivity index (χ1) is 9.22. The SMILES string of the molecule is CCC(N)C(c1cccc(Cl)c1)N1CCCCCC1. The Morgan fingerprint density at radius 2 is 1.89 bits per heavy atom. The van der Waals surface area contributed by atoms with Gasteiger partial charge in [0.15, 0.2) is 0 Å². The summed E-state index contributed by atoms with van der Waals surface area (Å²) in [6.45, 7) is 4.48. The lowest BCUT2D eigenvalue weighted by Crippen LogP contribution is -2.41. The lowest BCUT2D eigenvalue weighted by molar-refractivity contribution is 0.175. The molecular weight excluding hydrogens is 256 g/mol. The molecule has 0 aromatic heterocycles. The van der Waals surface area contributed by atoms with Gasteiger partial charge in [-0.05, 0) is 50.0 Å². The fourth-order valence-corrected chi connectivity index (χ4v) is 3.21. The highest BCUT2D eigenvalue weighted by Crippen LogP contribution is 2.29. The number of rotatable bonds is 4. The highest BCUT2D eigenvalue weighted by Gasteiger charge is 2.26. The minimum absolute atomic E-state index is 0.177. The van der Waals surface area contributed by atoms with Crippen molar-refractivity contribution in [3.63, 3.8) is 0 Å². The van der Waals surface area contributed by atoms with Gasteiger partial charge in [0, 0.05) is 17.1 Å². The molecule has 2 nitrogen and oxygen atoms in total. The smallest absolute Gasteiger partial charge is 0.0499 e. The van der Waals surface area contributed by atoms with E-state index in [2.05, 4.69) is 24.0 Å². The van der Waals surface area contributed by atoms with Crippen molar-refractivity contribution in [2.75, 3.05) is 13.1 Å². The zero-order valence-corrected chi connectivity index (χ0v) is 12.6. The third kappa shape index (κ3) is 3.95. The van der Waals surface area contributed by atoms with E-state index in [1.807, 2.05) is 12.1 Å². The number of likely N-dealkylation sites (tertiary alicyclic amines) is 1. The van der Waals surface area contributed by atoms with Crippen molar-refractivity contribution in [1.29, 1.82) is 0 Å². The minimum Gasteiger partial charge on any atom is -0.326 e. The summed E-state index contributed by atoms with van der Waals surface area (Å²) in [4.78, 5) is 2.56. The number of hydrogen-bond donors (Lipinski definition) is 1. The first-order valence-corrected chi connectivity index (χ1v) is 7.85. The summed E-state index contributed by atoms with van der Waals surface area (Å²) < 4.78 is 0. The van der Waals surface area contributed by atoms with Gasteiger partial charge in [-0.2, -0.15) is 0 Å². The first kappa shape index (κ1) is 14.8. The number of halogens is 1. The van der Waals surface area contributed by atoms with Gasteiger partial charge in [0.25, 0.3) is 0 Å². The molecule has 0 saturated carbocycles. The molecule has 3 heteroatoms. The lowest BCUT2D eigenvalue weighted by atomic mass is 9.96. The van der Waals surface area contributed by atoms with Crippen LogP contribution in [0.25, 0.3) is 0 Å². The van der Waals surface area contributed by atoms with E-state index in [9.17, 15) is 0 Å². The van der Waals surface area contributed by atoms with Gasteiger partial charge < -0.3 is 5.73 Å². The van der Waals surface area contributed by atoms with Crippen molar-refractivity contribution in [2.24, 2.45) is 5.73 Å². The third-order valence-corrected chi connectivity index (χ3v) is 4.34. The molecule has 1 aromatic carbocycles. The molecule has 19 heavy (non-hydrogen) atoms. The first-order valence-electron chi connectivity index (χ1n) is 7.47. The second-order valence-corrected chi connectivity index (χ2v) is 5.96. The molecule has 2 rings (SSSR count). The molecule has 1 fully saturated rings. The Kier molecular flexibility index (Phi) is 5.68. The summed E-state index contributed by atoms with van der Waals surface area (Å²) in [5, 5.41) is 0.806. The topological polar surface area (TPSA) is 29.3 Å². The van der Waals surface area contributed by atoms with Crippen molar-refractivity contribution in [1.82, 2.24) is 4.90 Å². The van der Waals surface area contributed by atoms with Crippen molar-refractivity contribution >= 4 is 11.6 Å². The Labute approximate surface area is 121 Å². The van der Waals surface area contributed by atoms with Crippen molar-refractivity contribution in [3.8, 4) is 0 Å². The van der Waals surface area contributed by atoms with Crippen LogP contribution >= 0.6 is 11.6 Å². The van der Waals surface area contributed by atoms with E-state index in [1.165, 1.54) is 31.2 Å². The summed E-state index contributed by atoms with van der Waals surface area (Å²) in [5.41, 5.74) is 7.66. The molecule has 2 atom stereocenters. The summed E-state index contributed by atoms with van der Waals surface area (Å²) in [5.74, 6) is 0. The monoisotopic (exact) mass is 280 g/mol. The van der Waals surface area contributed by atoms with Crippen LogP contribution in [-0.2, 0) is 0 Å². The fourth-order valence-electron chi connectivity index (χ4n) is 3.02. The van der Waals surface area contributed by atoms with Crippen LogP contribution < -0.4 is 5.73 Å². The summed E-state index contributed by atoms with van der Waals surface area (Å²) >= 11 is 6.15. The van der Waals surface area contributed by atoms with E-state index in [1.54, 1.807) is 0 Å². The Morgan fingerprint density at radius 1 is 1.21 bits per heavy atom.